The summed E-state index contributed by atoms with van der Waals surface area (Å²) in [6.07, 6.45) is 2.31. The van der Waals surface area contributed by atoms with Crippen LogP contribution in [0.3, 0.4) is 0 Å². The Morgan fingerprint density at radius 3 is 2.27 bits per heavy atom. The summed E-state index contributed by atoms with van der Waals surface area (Å²) in [5, 5.41) is 1.21. The van der Waals surface area contributed by atoms with Gasteiger partial charge in [-0.1, -0.05) is 24.3 Å². The summed E-state index contributed by atoms with van der Waals surface area (Å²) in [5.74, 6) is 0. The van der Waals surface area contributed by atoms with Gasteiger partial charge in [-0.15, -0.1) is 9.24 Å². The van der Waals surface area contributed by atoms with Gasteiger partial charge in [0.1, 0.15) is 0 Å². The van der Waals surface area contributed by atoms with Crippen LogP contribution in [0.25, 0.3) is 0 Å². The molecule has 1 unspecified atom stereocenters. The Kier molecular flexibility index (Phi) is 7.68. The monoisotopic (exact) mass is 378 g/mol. The lowest BCUT2D eigenvalue weighted by atomic mass is 9.96. The zero-order valence-corrected chi connectivity index (χ0v) is 18.9. The molecule has 0 N–H and O–H groups in total. The van der Waals surface area contributed by atoms with E-state index >= 15 is 0 Å². The van der Waals surface area contributed by atoms with Crippen molar-refractivity contribution < 1.29 is 4.74 Å². The van der Waals surface area contributed by atoms with Crippen molar-refractivity contribution in [3.8, 4) is 0 Å². The van der Waals surface area contributed by atoms with Crippen LogP contribution in [0, 0.1) is 0 Å². The zero-order chi connectivity index (χ0) is 19.4. The number of ether oxygens (including phenoxy) is 1. The van der Waals surface area contributed by atoms with E-state index in [9.17, 15) is 0 Å². The molecule has 1 aromatic carbocycles. The van der Waals surface area contributed by atoms with Gasteiger partial charge in [0.05, 0.1) is 5.60 Å². The quantitative estimate of drug-likeness (QED) is 0.667. The second-order valence-corrected chi connectivity index (χ2v) is 9.68. The third kappa shape index (κ3) is 6.02. The van der Waals surface area contributed by atoms with Crippen molar-refractivity contribution >= 4 is 14.5 Å². The highest BCUT2D eigenvalue weighted by Gasteiger charge is 2.30. The molecule has 4 heteroatoms. The molecular weight excluding hydrogens is 339 g/mol. The van der Waals surface area contributed by atoms with Crippen molar-refractivity contribution in [1.29, 1.82) is 0 Å². The van der Waals surface area contributed by atoms with Gasteiger partial charge in [0.2, 0.25) is 0 Å². The number of rotatable bonds is 7. The van der Waals surface area contributed by atoms with E-state index in [0.717, 1.165) is 19.6 Å². The molecule has 1 atom stereocenters. The van der Waals surface area contributed by atoms with E-state index in [1.54, 1.807) is 0 Å². The summed E-state index contributed by atoms with van der Waals surface area (Å²) < 4.78 is 6.33. The van der Waals surface area contributed by atoms with E-state index in [4.69, 9.17) is 4.74 Å². The van der Waals surface area contributed by atoms with E-state index < -0.39 is 0 Å². The van der Waals surface area contributed by atoms with Gasteiger partial charge in [-0.2, -0.15) is 0 Å². The average Bonchev–Trinajstić information content (AvgIpc) is 2.81. The van der Waals surface area contributed by atoms with Crippen molar-refractivity contribution in [3.05, 3.63) is 29.8 Å². The molecule has 1 aliphatic heterocycles. The fourth-order valence-electron chi connectivity index (χ4n) is 3.74. The average molecular weight is 379 g/mol. The van der Waals surface area contributed by atoms with Crippen LogP contribution in [0.15, 0.2) is 24.3 Å². The van der Waals surface area contributed by atoms with E-state index in [1.807, 2.05) is 0 Å². The molecule has 1 fully saturated rings. The molecule has 0 spiro atoms. The Morgan fingerprint density at radius 2 is 1.65 bits per heavy atom. The topological polar surface area (TPSA) is 15.7 Å². The first-order valence-corrected chi connectivity index (χ1v) is 10.7. The van der Waals surface area contributed by atoms with Gasteiger partial charge in [-0.05, 0) is 78.3 Å². The first-order chi connectivity index (χ1) is 12.1. The summed E-state index contributed by atoms with van der Waals surface area (Å²) in [7, 11) is 2.74. The molecule has 0 saturated carbocycles. The normalized spacial score (nSPS) is 18.3. The lowest BCUT2D eigenvalue weighted by molar-refractivity contribution is -0.0398. The summed E-state index contributed by atoms with van der Waals surface area (Å²) >= 11 is 0. The standard InChI is InChI=1S/C22H39N2OP/c1-18(2)23-13-7-14-24(16-15-23)21(3,4)12-17-25-22(5,6)19-8-10-20(26)11-9-19/h8-11,18H,7,12-17,26H2,1-6H3. The Balaban J connectivity index is 1.88. The van der Waals surface area contributed by atoms with Crippen LogP contribution >= 0.6 is 9.24 Å². The smallest absolute Gasteiger partial charge is 0.0875 e. The van der Waals surface area contributed by atoms with Crippen molar-refractivity contribution in [2.45, 2.75) is 71.6 Å². The Hall–Kier alpha value is -0.470. The summed E-state index contributed by atoms with van der Waals surface area (Å²) in [4.78, 5) is 5.26. The largest absolute Gasteiger partial charge is 0.371 e. The van der Waals surface area contributed by atoms with Crippen molar-refractivity contribution in [2.75, 3.05) is 32.8 Å². The highest BCUT2D eigenvalue weighted by Crippen LogP contribution is 2.27. The van der Waals surface area contributed by atoms with E-state index in [0.29, 0.717) is 6.04 Å². The molecule has 26 heavy (non-hydrogen) atoms. The lowest BCUT2D eigenvalue weighted by Crippen LogP contribution is -2.47. The number of nitrogens with zero attached hydrogens (tertiary/aromatic N) is 2. The second-order valence-electron chi connectivity index (χ2n) is 9.01. The highest BCUT2D eigenvalue weighted by molar-refractivity contribution is 7.27. The molecule has 1 saturated heterocycles. The Bertz CT molecular complexity index is 554. The molecule has 2 rings (SSSR count). The van der Waals surface area contributed by atoms with E-state index in [1.165, 1.54) is 36.9 Å². The van der Waals surface area contributed by atoms with Crippen LogP contribution in [0.5, 0.6) is 0 Å². The van der Waals surface area contributed by atoms with Gasteiger partial charge in [0.25, 0.3) is 0 Å². The molecule has 1 aliphatic rings. The molecule has 0 radical (unpaired) electrons. The predicted octanol–water partition coefficient (Wildman–Crippen LogP) is 4.02. The van der Waals surface area contributed by atoms with Gasteiger partial charge >= 0.3 is 0 Å². The van der Waals surface area contributed by atoms with E-state index in [-0.39, 0.29) is 11.1 Å². The third-order valence-electron chi connectivity index (χ3n) is 5.90. The lowest BCUT2D eigenvalue weighted by Gasteiger charge is -2.39. The molecule has 0 aliphatic carbocycles. The summed E-state index contributed by atoms with van der Waals surface area (Å²) in [6.45, 7) is 19.2. The number of benzene rings is 1. The number of hydrogen-bond donors (Lipinski definition) is 0. The number of hydrogen-bond acceptors (Lipinski definition) is 3. The zero-order valence-electron chi connectivity index (χ0n) is 17.7. The predicted molar refractivity (Wildman–Crippen MR) is 116 cm³/mol. The minimum Gasteiger partial charge on any atom is -0.371 e. The molecule has 3 nitrogen and oxygen atoms in total. The van der Waals surface area contributed by atoms with Gasteiger partial charge in [-0.3, -0.25) is 9.80 Å². The molecule has 0 bridgehead atoms. The van der Waals surface area contributed by atoms with Gasteiger partial charge in [0, 0.05) is 31.3 Å². The maximum atomic E-state index is 6.33. The van der Waals surface area contributed by atoms with E-state index in [2.05, 4.69) is 84.8 Å². The SMILES string of the molecule is CC(C)N1CCCN(C(C)(C)CCOC(C)(C)c2ccc(P)cc2)CC1. The fourth-order valence-corrected chi connectivity index (χ4v) is 3.93. The van der Waals surface area contributed by atoms with Crippen LogP contribution in [0.2, 0.25) is 0 Å². The van der Waals surface area contributed by atoms with Gasteiger partial charge < -0.3 is 4.74 Å². The van der Waals surface area contributed by atoms with Crippen LogP contribution in [0.1, 0.15) is 59.9 Å². The minimum absolute atomic E-state index is 0.174. The Morgan fingerprint density at radius 1 is 1.00 bits per heavy atom. The minimum atomic E-state index is -0.248. The maximum absolute atomic E-state index is 6.33. The molecule has 148 valence electrons. The molecule has 0 amide bonds. The van der Waals surface area contributed by atoms with Crippen LogP contribution < -0.4 is 5.30 Å². The molecular formula is C22H39N2OP. The molecule has 1 heterocycles. The highest BCUT2D eigenvalue weighted by atomic mass is 31.0. The van der Waals surface area contributed by atoms with Crippen LogP contribution in [-0.4, -0.2) is 54.2 Å². The van der Waals surface area contributed by atoms with Crippen molar-refractivity contribution in [3.63, 3.8) is 0 Å². The Labute approximate surface area is 163 Å². The van der Waals surface area contributed by atoms with Crippen molar-refractivity contribution in [1.82, 2.24) is 9.80 Å². The summed E-state index contributed by atoms with van der Waals surface area (Å²) in [6, 6.07) is 9.25. The van der Waals surface area contributed by atoms with Crippen LogP contribution in [-0.2, 0) is 10.3 Å². The van der Waals surface area contributed by atoms with Crippen LogP contribution in [0.4, 0.5) is 0 Å². The van der Waals surface area contributed by atoms with Gasteiger partial charge in [0.15, 0.2) is 0 Å². The first-order valence-electron chi connectivity index (χ1n) is 10.1. The molecule has 0 aromatic heterocycles. The fraction of sp³-hybridized carbons (Fsp3) is 0.727. The second kappa shape index (κ2) is 9.15. The summed E-state index contributed by atoms with van der Waals surface area (Å²) in [5.41, 5.74) is 1.16. The molecule has 1 aromatic rings. The third-order valence-corrected chi connectivity index (χ3v) is 6.28. The maximum Gasteiger partial charge on any atom is 0.0875 e. The first kappa shape index (κ1) is 21.8. The van der Waals surface area contributed by atoms with Gasteiger partial charge in [-0.25, -0.2) is 0 Å². The van der Waals surface area contributed by atoms with Crippen molar-refractivity contribution in [2.24, 2.45) is 0 Å².